The second-order valence-electron chi connectivity index (χ2n) is 9.53. The van der Waals surface area contributed by atoms with Crippen LogP contribution in [0.5, 0.6) is 0 Å². The summed E-state index contributed by atoms with van der Waals surface area (Å²) in [4.78, 5) is 41.2. The van der Waals surface area contributed by atoms with Gasteiger partial charge in [-0.2, -0.15) is 0 Å². The molecule has 4 aliphatic heterocycles. The molecule has 3 amide bonds. The van der Waals surface area contributed by atoms with Gasteiger partial charge in [-0.3, -0.25) is 24.6 Å². The third kappa shape index (κ3) is 4.44. The molecule has 0 saturated carbocycles. The van der Waals surface area contributed by atoms with Crippen molar-refractivity contribution >= 4 is 17.7 Å². The predicted molar refractivity (Wildman–Crippen MR) is 118 cm³/mol. The van der Waals surface area contributed by atoms with Gasteiger partial charge in [0, 0.05) is 37.7 Å². The zero-order valence-electron chi connectivity index (χ0n) is 18.5. The summed E-state index contributed by atoms with van der Waals surface area (Å²) in [5.74, 6) is 0.0233. The van der Waals surface area contributed by atoms with Crippen LogP contribution < -0.4 is 10.6 Å². The number of amides is 3. The lowest BCUT2D eigenvalue weighted by Gasteiger charge is -2.35. The quantitative estimate of drug-likeness (QED) is 0.665. The zero-order valence-corrected chi connectivity index (χ0v) is 18.5. The van der Waals surface area contributed by atoms with Crippen LogP contribution in [-0.4, -0.2) is 72.5 Å². The average Bonchev–Trinajstić information content (AvgIpc) is 3.13. The molecule has 5 rings (SSSR count). The van der Waals surface area contributed by atoms with Gasteiger partial charge in [0.2, 0.25) is 11.8 Å². The van der Waals surface area contributed by atoms with Gasteiger partial charge in [-0.25, -0.2) is 0 Å². The minimum Gasteiger partial charge on any atom is -0.379 e. The number of imide groups is 1. The third-order valence-corrected chi connectivity index (χ3v) is 7.36. The fraction of sp³-hybridized carbons (Fsp3) is 0.625. The number of rotatable bonds is 5. The summed E-state index contributed by atoms with van der Waals surface area (Å²) in [5.41, 5.74) is 2.78. The van der Waals surface area contributed by atoms with Crippen molar-refractivity contribution in [1.82, 2.24) is 20.4 Å². The number of hydrogen-bond acceptors (Lipinski definition) is 6. The van der Waals surface area contributed by atoms with E-state index in [2.05, 4.69) is 15.5 Å². The maximum Gasteiger partial charge on any atom is 0.255 e. The summed E-state index contributed by atoms with van der Waals surface area (Å²) < 4.78 is 5.59. The molecule has 0 aromatic heterocycles. The number of fused-ring (bicyclic) bond motifs is 1. The van der Waals surface area contributed by atoms with Gasteiger partial charge in [-0.1, -0.05) is 18.2 Å². The molecular weight excluding hydrogens is 408 g/mol. The lowest BCUT2D eigenvalue weighted by atomic mass is 9.89. The first kappa shape index (κ1) is 21.6. The number of likely N-dealkylation sites (tertiary alicyclic amines) is 1. The van der Waals surface area contributed by atoms with Crippen molar-refractivity contribution in [2.24, 2.45) is 5.92 Å². The highest BCUT2D eigenvalue weighted by Gasteiger charge is 2.40. The summed E-state index contributed by atoms with van der Waals surface area (Å²) in [6.07, 6.45) is 4.19. The molecule has 4 heterocycles. The highest BCUT2D eigenvalue weighted by atomic mass is 16.5. The Kier molecular flexibility index (Phi) is 6.26. The van der Waals surface area contributed by atoms with Crippen molar-refractivity contribution in [1.29, 1.82) is 0 Å². The van der Waals surface area contributed by atoms with E-state index in [4.69, 9.17) is 4.74 Å². The number of nitrogens with zero attached hydrogens (tertiary/aromatic N) is 2. The topological polar surface area (TPSA) is 91.0 Å². The van der Waals surface area contributed by atoms with Crippen molar-refractivity contribution in [3.63, 3.8) is 0 Å². The Morgan fingerprint density at radius 1 is 1.09 bits per heavy atom. The lowest BCUT2D eigenvalue weighted by molar-refractivity contribution is -0.136. The molecule has 2 atom stereocenters. The molecule has 8 heteroatoms. The molecule has 8 nitrogen and oxygen atoms in total. The van der Waals surface area contributed by atoms with Crippen molar-refractivity contribution in [2.75, 3.05) is 32.8 Å². The zero-order chi connectivity index (χ0) is 22.1. The van der Waals surface area contributed by atoms with Crippen LogP contribution in [0.4, 0.5) is 0 Å². The molecule has 4 aliphatic rings. The minimum atomic E-state index is -0.562. The molecule has 0 aliphatic carbocycles. The van der Waals surface area contributed by atoms with Gasteiger partial charge in [0.05, 0.1) is 13.2 Å². The van der Waals surface area contributed by atoms with E-state index in [0.717, 1.165) is 62.0 Å². The molecule has 3 saturated heterocycles. The number of ether oxygens (including phenoxy) is 1. The fourth-order valence-electron chi connectivity index (χ4n) is 5.62. The van der Waals surface area contributed by atoms with E-state index in [1.54, 1.807) is 4.90 Å². The second-order valence-corrected chi connectivity index (χ2v) is 9.53. The molecule has 32 heavy (non-hydrogen) atoms. The van der Waals surface area contributed by atoms with Crippen LogP contribution in [0.15, 0.2) is 18.2 Å². The maximum absolute atomic E-state index is 13.3. The Morgan fingerprint density at radius 2 is 1.94 bits per heavy atom. The number of hydrogen-bond donors (Lipinski definition) is 2. The second kappa shape index (κ2) is 9.29. The first-order valence-corrected chi connectivity index (χ1v) is 11.9. The van der Waals surface area contributed by atoms with Gasteiger partial charge >= 0.3 is 0 Å². The Morgan fingerprint density at radius 3 is 2.69 bits per heavy atom. The molecule has 1 aromatic carbocycles. The van der Waals surface area contributed by atoms with E-state index in [0.29, 0.717) is 19.0 Å². The van der Waals surface area contributed by atoms with E-state index in [1.165, 1.54) is 19.3 Å². The van der Waals surface area contributed by atoms with Crippen LogP contribution in [0.1, 0.15) is 53.6 Å². The van der Waals surface area contributed by atoms with Gasteiger partial charge in [0.1, 0.15) is 6.04 Å². The molecule has 0 radical (unpaired) electrons. The molecule has 3 fully saturated rings. The summed E-state index contributed by atoms with van der Waals surface area (Å²) in [5, 5.41) is 5.93. The summed E-state index contributed by atoms with van der Waals surface area (Å²) in [6, 6.07) is 5.95. The van der Waals surface area contributed by atoms with Crippen molar-refractivity contribution in [3.05, 3.63) is 34.9 Å². The normalized spacial score (nSPS) is 27.5. The lowest BCUT2D eigenvalue weighted by Crippen LogP contribution is -2.52. The SMILES string of the molecule is O=C1CCC(N2Cc3cccc(CN4CCC(CC5COCCN5)CC4)c3C2=O)C(=O)N1. The molecule has 172 valence electrons. The molecular formula is C24H32N4O4. The first-order chi connectivity index (χ1) is 15.6. The van der Waals surface area contributed by atoms with Crippen LogP contribution in [-0.2, 0) is 27.4 Å². The van der Waals surface area contributed by atoms with Crippen molar-refractivity contribution in [3.8, 4) is 0 Å². The van der Waals surface area contributed by atoms with E-state index < -0.39 is 6.04 Å². The predicted octanol–water partition coefficient (Wildman–Crippen LogP) is 1.04. The van der Waals surface area contributed by atoms with Crippen LogP contribution in [0.25, 0.3) is 0 Å². The monoisotopic (exact) mass is 440 g/mol. The van der Waals surface area contributed by atoms with Crippen LogP contribution in [0, 0.1) is 5.92 Å². The van der Waals surface area contributed by atoms with Crippen LogP contribution in [0.3, 0.4) is 0 Å². The standard InChI is InChI=1S/C24H32N4O4/c29-21-5-4-20(23(30)26-21)28-14-18-3-1-2-17(22(18)24(28)31)13-27-9-6-16(7-10-27)12-19-15-32-11-8-25-19/h1-3,16,19-20,25H,4-15H2,(H,26,29,30). The van der Waals surface area contributed by atoms with Gasteiger partial charge in [-0.15, -0.1) is 0 Å². The van der Waals surface area contributed by atoms with E-state index in [1.807, 2.05) is 18.2 Å². The Bertz CT molecular complexity index is 890. The van der Waals surface area contributed by atoms with Crippen molar-refractivity contribution < 1.29 is 19.1 Å². The largest absolute Gasteiger partial charge is 0.379 e. The number of piperidine rings is 2. The molecule has 0 spiro atoms. The Labute approximate surface area is 188 Å². The van der Waals surface area contributed by atoms with Gasteiger partial charge in [0.15, 0.2) is 0 Å². The number of carbonyl (C=O) groups is 3. The Hall–Kier alpha value is -2.29. The summed E-state index contributed by atoms with van der Waals surface area (Å²) >= 11 is 0. The first-order valence-electron chi connectivity index (χ1n) is 11.9. The summed E-state index contributed by atoms with van der Waals surface area (Å²) in [6.45, 7) is 5.85. The van der Waals surface area contributed by atoms with E-state index >= 15 is 0 Å². The van der Waals surface area contributed by atoms with E-state index in [-0.39, 0.29) is 24.1 Å². The van der Waals surface area contributed by atoms with Gasteiger partial charge < -0.3 is 15.0 Å². The summed E-state index contributed by atoms with van der Waals surface area (Å²) in [7, 11) is 0. The average molecular weight is 441 g/mol. The molecule has 2 unspecified atom stereocenters. The fourth-order valence-corrected chi connectivity index (χ4v) is 5.62. The Balaban J connectivity index is 1.20. The number of morpholine rings is 1. The molecule has 2 N–H and O–H groups in total. The maximum atomic E-state index is 13.3. The van der Waals surface area contributed by atoms with Gasteiger partial charge in [0.25, 0.3) is 5.91 Å². The van der Waals surface area contributed by atoms with Crippen molar-refractivity contribution in [2.45, 2.75) is 57.3 Å². The van der Waals surface area contributed by atoms with Crippen LogP contribution in [0.2, 0.25) is 0 Å². The third-order valence-electron chi connectivity index (χ3n) is 7.36. The minimum absolute atomic E-state index is 0.0802. The van der Waals surface area contributed by atoms with Gasteiger partial charge in [-0.05, 0) is 55.8 Å². The number of benzene rings is 1. The highest BCUT2D eigenvalue weighted by Crippen LogP contribution is 2.31. The smallest absolute Gasteiger partial charge is 0.255 e. The molecule has 0 bridgehead atoms. The highest BCUT2D eigenvalue weighted by molar-refractivity contribution is 6.05. The van der Waals surface area contributed by atoms with Crippen LogP contribution >= 0.6 is 0 Å². The number of carbonyl (C=O) groups excluding carboxylic acids is 3. The molecule has 1 aromatic rings. The van der Waals surface area contributed by atoms with E-state index in [9.17, 15) is 14.4 Å². The number of nitrogens with one attached hydrogen (secondary N) is 2.